The fourth-order valence-corrected chi connectivity index (χ4v) is 8.25. The minimum atomic E-state index is 0.915. The maximum atomic E-state index is 6.39. The molecule has 0 saturated heterocycles. The molecule has 11 aromatic rings. The van der Waals surface area contributed by atoms with Crippen LogP contribution in [0.1, 0.15) is 0 Å². The second-order valence-electron chi connectivity index (χ2n) is 13.3. The van der Waals surface area contributed by atoms with E-state index < -0.39 is 0 Å². The van der Waals surface area contributed by atoms with Crippen LogP contribution in [0.15, 0.2) is 186 Å². The number of furan rings is 1. The number of hydrogen-bond acceptors (Lipinski definition) is 1. The fourth-order valence-electron chi connectivity index (χ4n) is 8.25. The van der Waals surface area contributed by atoms with E-state index in [0.717, 1.165) is 44.4 Å². The smallest absolute Gasteiger partial charge is 0.143 e. The Morgan fingerprint density at radius 3 is 1.71 bits per heavy atom. The van der Waals surface area contributed by atoms with Gasteiger partial charge in [0.15, 0.2) is 0 Å². The number of hydrogen-bond donors (Lipinski definition) is 0. The quantitative estimate of drug-likeness (QED) is 0.186. The molecule has 0 atom stereocenters. The highest BCUT2D eigenvalue weighted by Crippen LogP contribution is 2.43. The molecule has 238 valence electrons. The van der Waals surface area contributed by atoms with Gasteiger partial charge in [-0.2, -0.15) is 0 Å². The SMILES string of the molecule is c1ccc(-c2ccc(-n3c4ccccc4c4ccc5c(c6ccccc6n5-c5ccc(-c6cccc7c6oc6ccccc67)cc5)c43)cc2)cc1. The van der Waals surface area contributed by atoms with Crippen molar-refractivity contribution in [1.82, 2.24) is 9.13 Å². The van der Waals surface area contributed by atoms with Gasteiger partial charge in [0.25, 0.3) is 0 Å². The summed E-state index contributed by atoms with van der Waals surface area (Å²) in [7, 11) is 0. The van der Waals surface area contributed by atoms with E-state index in [1.54, 1.807) is 0 Å². The summed E-state index contributed by atoms with van der Waals surface area (Å²) in [6, 6.07) is 65.4. The van der Waals surface area contributed by atoms with E-state index in [0.29, 0.717) is 0 Å². The van der Waals surface area contributed by atoms with E-state index in [1.165, 1.54) is 54.7 Å². The fraction of sp³-hybridized carbons (Fsp3) is 0. The zero-order chi connectivity index (χ0) is 33.5. The van der Waals surface area contributed by atoms with E-state index in [2.05, 4.69) is 179 Å². The molecule has 3 heteroatoms. The lowest BCUT2D eigenvalue weighted by Crippen LogP contribution is -1.95. The standard InChI is InChI=1S/C48H30N2O/c1-2-11-31(12-3-1)32-21-25-35(26-22-32)50-42-18-7-4-13-37(42)39-29-30-44-46(47(39)50)41-15-5-8-19-43(41)49(44)34-27-23-33(24-28-34)36-16-10-17-40-38-14-6-9-20-45(38)51-48(36)40/h1-30H. The highest BCUT2D eigenvalue weighted by atomic mass is 16.3. The number of rotatable bonds is 4. The minimum absolute atomic E-state index is 0.915. The third kappa shape index (κ3) is 4.12. The summed E-state index contributed by atoms with van der Waals surface area (Å²) in [5.41, 5.74) is 13.6. The van der Waals surface area contributed by atoms with Crippen LogP contribution in [0.3, 0.4) is 0 Å². The summed E-state index contributed by atoms with van der Waals surface area (Å²) >= 11 is 0. The average molecular weight is 651 g/mol. The van der Waals surface area contributed by atoms with Gasteiger partial charge in [0, 0.05) is 49.3 Å². The van der Waals surface area contributed by atoms with Crippen molar-refractivity contribution in [2.45, 2.75) is 0 Å². The van der Waals surface area contributed by atoms with Crippen LogP contribution in [-0.2, 0) is 0 Å². The number of aromatic nitrogens is 2. The van der Waals surface area contributed by atoms with Crippen LogP contribution in [0.5, 0.6) is 0 Å². The summed E-state index contributed by atoms with van der Waals surface area (Å²) in [5.74, 6) is 0. The van der Waals surface area contributed by atoms with Gasteiger partial charge in [-0.3, -0.25) is 0 Å². The van der Waals surface area contributed by atoms with Gasteiger partial charge in [-0.15, -0.1) is 0 Å². The lowest BCUT2D eigenvalue weighted by Gasteiger charge is -2.11. The van der Waals surface area contributed by atoms with Gasteiger partial charge in [-0.25, -0.2) is 0 Å². The second kappa shape index (κ2) is 10.8. The van der Waals surface area contributed by atoms with Crippen LogP contribution in [0.25, 0.3) is 99.2 Å². The van der Waals surface area contributed by atoms with Crippen LogP contribution < -0.4 is 0 Å². The maximum Gasteiger partial charge on any atom is 0.143 e. The Balaban J connectivity index is 1.13. The summed E-state index contributed by atoms with van der Waals surface area (Å²) in [6.07, 6.45) is 0. The van der Waals surface area contributed by atoms with Gasteiger partial charge in [0.05, 0.1) is 22.1 Å². The first kappa shape index (κ1) is 28.0. The van der Waals surface area contributed by atoms with Crippen molar-refractivity contribution >= 4 is 65.6 Å². The van der Waals surface area contributed by atoms with Gasteiger partial charge in [-0.1, -0.05) is 133 Å². The van der Waals surface area contributed by atoms with E-state index >= 15 is 0 Å². The molecule has 0 fully saturated rings. The zero-order valence-electron chi connectivity index (χ0n) is 27.6. The Labute approximate surface area is 293 Å². The predicted octanol–water partition coefficient (Wildman–Crippen LogP) is 13.1. The number of para-hydroxylation sites is 4. The first-order chi connectivity index (χ1) is 25.3. The molecule has 3 aromatic heterocycles. The molecule has 11 rings (SSSR count). The molecule has 0 aliphatic rings. The zero-order valence-corrected chi connectivity index (χ0v) is 27.6. The average Bonchev–Trinajstić information content (AvgIpc) is 3.86. The third-order valence-electron chi connectivity index (χ3n) is 10.5. The summed E-state index contributed by atoms with van der Waals surface area (Å²) in [6.45, 7) is 0. The van der Waals surface area contributed by atoms with E-state index in [1.807, 2.05) is 12.1 Å². The Kier molecular flexibility index (Phi) is 5.96. The number of benzene rings is 8. The summed E-state index contributed by atoms with van der Waals surface area (Å²) in [5, 5.41) is 7.28. The van der Waals surface area contributed by atoms with Gasteiger partial charge < -0.3 is 13.6 Å². The van der Waals surface area contributed by atoms with Gasteiger partial charge >= 0.3 is 0 Å². The summed E-state index contributed by atoms with van der Waals surface area (Å²) in [4.78, 5) is 0. The molecule has 0 saturated carbocycles. The molecule has 51 heavy (non-hydrogen) atoms. The third-order valence-corrected chi connectivity index (χ3v) is 10.5. The van der Waals surface area contributed by atoms with Gasteiger partial charge in [0.2, 0.25) is 0 Å². The molecule has 3 nitrogen and oxygen atoms in total. The van der Waals surface area contributed by atoms with Crippen molar-refractivity contribution in [2.75, 3.05) is 0 Å². The molecule has 0 bridgehead atoms. The van der Waals surface area contributed by atoms with Crippen molar-refractivity contribution < 1.29 is 4.42 Å². The van der Waals surface area contributed by atoms with Crippen molar-refractivity contribution in [3.8, 4) is 33.6 Å². The minimum Gasteiger partial charge on any atom is -0.455 e. The molecule has 0 N–H and O–H groups in total. The largest absolute Gasteiger partial charge is 0.455 e. The van der Waals surface area contributed by atoms with E-state index in [9.17, 15) is 0 Å². The molecule has 0 aliphatic carbocycles. The van der Waals surface area contributed by atoms with Crippen LogP contribution in [0.4, 0.5) is 0 Å². The van der Waals surface area contributed by atoms with Crippen molar-refractivity contribution in [1.29, 1.82) is 0 Å². The first-order valence-corrected chi connectivity index (χ1v) is 17.4. The summed E-state index contributed by atoms with van der Waals surface area (Å²) < 4.78 is 11.3. The van der Waals surface area contributed by atoms with Crippen LogP contribution in [-0.4, -0.2) is 9.13 Å². The van der Waals surface area contributed by atoms with Gasteiger partial charge in [-0.05, 0) is 65.2 Å². The monoisotopic (exact) mass is 650 g/mol. The Morgan fingerprint density at radius 2 is 0.922 bits per heavy atom. The van der Waals surface area contributed by atoms with E-state index in [-0.39, 0.29) is 0 Å². The highest BCUT2D eigenvalue weighted by Gasteiger charge is 2.21. The molecule has 3 heterocycles. The second-order valence-corrected chi connectivity index (χ2v) is 13.3. The van der Waals surface area contributed by atoms with Crippen LogP contribution in [0, 0.1) is 0 Å². The van der Waals surface area contributed by atoms with Crippen molar-refractivity contribution in [2.24, 2.45) is 0 Å². The maximum absolute atomic E-state index is 6.39. The van der Waals surface area contributed by atoms with Gasteiger partial charge in [0.1, 0.15) is 11.2 Å². The highest BCUT2D eigenvalue weighted by molar-refractivity contribution is 6.26. The molecule has 0 radical (unpaired) electrons. The predicted molar refractivity (Wildman–Crippen MR) is 213 cm³/mol. The Morgan fingerprint density at radius 1 is 0.333 bits per heavy atom. The van der Waals surface area contributed by atoms with E-state index in [4.69, 9.17) is 4.42 Å². The molecule has 0 spiro atoms. The Bertz CT molecular complexity index is 3100. The molecule has 0 unspecified atom stereocenters. The number of nitrogens with zero attached hydrogens (tertiary/aromatic N) is 2. The lowest BCUT2D eigenvalue weighted by atomic mass is 10.0. The molecular formula is C48H30N2O. The molecule has 8 aromatic carbocycles. The Hall–Kier alpha value is -6.84. The topological polar surface area (TPSA) is 23.0 Å². The number of fused-ring (bicyclic) bond motifs is 10. The first-order valence-electron chi connectivity index (χ1n) is 17.4. The van der Waals surface area contributed by atoms with Crippen LogP contribution >= 0.6 is 0 Å². The molecular weight excluding hydrogens is 621 g/mol. The normalized spacial score (nSPS) is 11.9. The van der Waals surface area contributed by atoms with Crippen molar-refractivity contribution in [3.05, 3.63) is 182 Å². The lowest BCUT2D eigenvalue weighted by molar-refractivity contribution is 0.670. The molecule has 0 aliphatic heterocycles. The van der Waals surface area contributed by atoms with Crippen LogP contribution in [0.2, 0.25) is 0 Å². The molecule has 0 amide bonds. The van der Waals surface area contributed by atoms with Crippen molar-refractivity contribution in [3.63, 3.8) is 0 Å².